The van der Waals surface area contributed by atoms with Crippen LogP contribution in [-0.2, 0) is 13.5 Å². The van der Waals surface area contributed by atoms with Gasteiger partial charge in [-0.25, -0.2) is 0 Å². The molecule has 1 heteroatoms. The summed E-state index contributed by atoms with van der Waals surface area (Å²) in [6.45, 7) is 17.8. The van der Waals surface area contributed by atoms with Gasteiger partial charge in [-0.2, -0.15) is 4.57 Å². The Kier molecular flexibility index (Phi) is 5.04. The maximum atomic E-state index is 8.80. The predicted octanol–water partition coefficient (Wildman–Crippen LogP) is 6.97. The Morgan fingerprint density at radius 1 is 1.04 bits per heavy atom. The van der Waals surface area contributed by atoms with E-state index in [1.807, 2.05) is 0 Å². The van der Waals surface area contributed by atoms with Gasteiger partial charge in [-0.15, -0.1) is 0 Å². The minimum absolute atomic E-state index is 0.229. The van der Waals surface area contributed by atoms with Gasteiger partial charge in [0.2, 0.25) is 5.69 Å². The van der Waals surface area contributed by atoms with Gasteiger partial charge in [-0.1, -0.05) is 52.8 Å². The molecule has 3 aromatic rings. The van der Waals surface area contributed by atoms with Crippen molar-refractivity contribution in [3.05, 3.63) is 64.3 Å². The fraction of sp³-hybridized carbons (Fsp3) is 0.444. The lowest BCUT2D eigenvalue weighted by Gasteiger charge is -2.19. The monoisotopic (exact) mass is 375 g/mol. The van der Waals surface area contributed by atoms with E-state index in [4.69, 9.17) is 1.37 Å². The van der Waals surface area contributed by atoms with Crippen molar-refractivity contribution in [1.29, 1.82) is 0 Å². The third-order valence-electron chi connectivity index (χ3n) is 5.84. The van der Waals surface area contributed by atoms with E-state index in [1.54, 1.807) is 0 Å². The van der Waals surface area contributed by atoms with Crippen LogP contribution in [0.3, 0.4) is 0 Å². The van der Waals surface area contributed by atoms with E-state index in [1.165, 1.54) is 38.9 Å². The van der Waals surface area contributed by atoms with E-state index in [0.29, 0.717) is 12.0 Å². The lowest BCUT2D eigenvalue weighted by molar-refractivity contribution is -0.665. The number of aromatic nitrogens is 1. The number of aryl methyl sites for hydroxylation is 1. The van der Waals surface area contributed by atoms with Crippen LogP contribution >= 0.6 is 0 Å². The van der Waals surface area contributed by atoms with E-state index < -0.39 is 0 Å². The Labute approximate surface area is 172 Å². The molecule has 0 amide bonds. The van der Waals surface area contributed by atoms with Crippen LogP contribution in [0.4, 0.5) is 0 Å². The number of nitrogens with zero attached hydrogens (tertiary/aromatic N) is 1. The van der Waals surface area contributed by atoms with Gasteiger partial charge in [-0.3, -0.25) is 0 Å². The number of fused-ring (bicyclic) bond motifs is 1. The topological polar surface area (TPSA) is 3.88 Å². The van der Waals surface area contributed by atoms with Gasteiger partial charge < -0.3 is 0 Å². The predicted molar refractivity (Wildman–Crippen MR) is 122 cm³/mol. The van der Waals surface area contributed by atoms with Crippen LogP contribution in [0.5, 0.6) is 0 Å². The minimum atomic E-state index is 0.229. The largest absolute Gasteiger partial charge is 0.220 e. The summed E-state index contributed by atoms with van der Waals surface area (Å²) >= 11 is 0. The van der Waals surface area contributed by atoms with Crippen LogP contribution < -0.4 is 4.57 Å². The summed E-state index contributed by atoms with van der Waals surface area (Å²) in [5.74, 6) is 0.486. The molecule has 1 nitrogen and oxygen atoms in total. The highest BCUT2D eigenvalue weighted by Gasteiger charge is 2.22. The molecule has 0 radical (unpaired) electrons. The molecule has 0 atom stereocenters. The highest BCUT2D eigenvalue weighted by molar-refractivity contribution is 5.94. The standard InChI is InChI=1S/C27H36N/c1-17(2)22-12-18(3)20(5)25(15-22)26-24-11-10-21(16-27(6,7)8)14-23(24)13-19(4)28(26)9/h10-15,17H,16H2,1-9H3/q+1/i13D. The van der Waals surface area contributed by atoms with Crippen molar-refractivity contribution in [2.75, 3.05) is 0 Å². The normalized spacial score (nSPS) is 12.7. The van der Waals surface area contributed by atoms with Crippen molar-refractivity contribution < 1.29 is 5.94 Å². The van der Waals surface area contributed by atoms with Gasteiger partial charge in [0.05, 0.1) is 12.3 Å². The quantitative estimate of drug-likeness (QED) is 0.435. The zero-order chi connectivity index (χ0) is 21.7. The maximum absolute atomic E-state index is 8.80. The highest BCUT2D eigenvalue weighted by atomic mass is 14.9. The first-order valence-electron chi connectivity index (χ1n) is 10.9. The number of hydrogen-bond donors (Lipinski definition) is 0. The number of hydrogen-bond acceptors (Lipinski definition) is 0. The first kappa shape index (κ1) is 19.2. The molecule has 0 bridgehead atoms. The molecule has 0 aliphatic heterocycles. The van der Waals surface area contributed by atoms with Crippen molar-refractivity contribution in [1.82, 2.24) is 0 Å². The van der Waals surface area contributed by atoms with Crippen LogP contribution in [0.15, 0.2) is 36.4 Å². The summed E-state index contributed by atoms with van der Waals surface area (Å²) in [6, 6.07) is 12.0. The molecule has 3 rings (SSSR count). The summed E-state index contributed by atoms with van der Waals surface area (Å²) in [4.78, 5) is 0. The zero-order valence-electron chi connectivity index (χ0n) is 20.1. The Hall–Kier alpha value is -2.15. The molecule has 0 aliphatic carbocycles. The van der Waals surface area contributed by atoms with Gasteiger partial charge >= 0.3 is 0 Å². The number of benzene rings is 2. The molecular weight excluding hydrogens is 338 g/mol. The average molecular weight is 376 g/mol. The summed E-state index contributed by atoms with van der Waals surface area (Å²) in [7, 11) is 2.10. The van der Waals surface area contributed by atoms with Crippen molar-refractivity contribution >= 4 is 10.8 Å². The van der Waals surface area contributed by atoms with Gasteiger partial charge in [0.25, 0.3) is 0 Å². The van der Waals surface area contributed by atoms with Crippen molar-refractivity contribution in [2.45, 2.75) is 67.7 Å². The molecule has 0 N–H and O–H groups in total. The zero-order valence-corrected chi connectivity index (χ0v) is 19.1. The van der Waals surface area contributed by atoms with Gasteiger partial charge in [0, 0.05) is 13.0 Å². The average Bonchev–Trinajstić information content (AvgIpc) is 2.62. The lowest BCUT2D eigenvalue weighted by Crippen LogP contribution is -2.35. The molecule has 1 aromatic heterocycles. The van der Waals surface area contributed by atoms with E-state index in [2.05, 4.69) is 97.3 Å². The molecule has 0 saturated carbocycles. The smallest absolute Gasteiger partial charge is 0.198 e. The first-order valence-corrected chi connectivity index (χ1v) is 10.4. The fourth-order valence-electron chi connectivity index (χ4n) is 4.04. The van der Waals surface area contributed by atoms with E-state index >= 15 is 0 Å². The van der Waals surface area contributed by atoms with E-state index in [9.17, 15) is 0 Å². The second kappa shape index (κ2) is 7.35. The van der Waals surface area contributed by atoms with Gasteiger partial charge in [0.15, 0.2) is 5.69 Å². The number of pyridine rings is 1. The van der Waals surface area contributed by atoms with Crippen LogP contribution in [0, 0.1) is 26.2 Å². The van der Waals surface area contributed by atoms with E-state index in [-0.39, 0.29) is 5.41 Å². The Balaban J connectivity index is 2.37. The maximum Gasteiger partial charge on any atom is 0.220 e. The van der Waals surface area contributed by atoms with Crippen LogP contribution in [-0.4, -0.2) is 0 Å². The Morgan fingerprint density at radius 2 is 1.71 bits per heavy atom. The minimum Gasteiger partial charge on any atom is -0.198 e. The second-order valence-electron chi connectivity index (χ2n) is 9.90. The van der Waals surface area contributed by atoms with Crippen molar-refractivity contribution in [3.63, 3.8) is 0 Å². The molecule has 0 spiro atoms. The molecule has 0 aliphatic rings. The summed E-state index contributed by atoms with van der Waals surface area (Å²) < 4.78 is 11.0. The third-order valence-corrected chi connectivity index (χ3v) is 5.84. The summed E-state index contributed by atoms with van der Waals surface area (Å²) in [5, 5.41) is 2.23. The van der Waals surface area contributed by atoms with Crippen molar-refractivity contribution in [3.8, 4) is 11.3 Å². The fourth-order valence-corrected chi connectivity index (χ4v) is 4.04. The van der Waals surface area contributed by atoms with Crippen LogP contribution in [0.1, 0.15) is 69.9 Å². The molecule has 148 valence electrons. The number of rotatable bonds is 3. The van der Waals surface area contributed by atoms with E-state index in [0.717, 1.165) is 17.5 Å². The lowest BCUT2D eigenvalue weighted by atomic mass is 9.86. The Morgan fingerprint density at radius 3 is 2.32 bits per heavy atom. The Bertz CT molecular complexity index is 1080. The summed E-state index contributed by atoms with van der Waals surface area (Å²) in [6.07, 6.45) is 1.01. The van der Waals surface area contributed by atoms with Crippen molar-refractivity contribution in [2.24, 2.45) is 12.5 Å². The molecule has 2 aromatic carbocycles. The molecular formula is C27H36N+. The van der Waals surface area contributed by atoms with Crippen LogP contribution in [0.2, 0.25) is 0 Å². The second-order valence-corrected chi connectivity index (χ2v) is 9.90. The van der Waals surface area contributed by atoms with Gasteiger partial charge in [0.1, 0.15) is 7.05 Å². The highest BCUT2D eigenvalue weighted by Crippen LogP contribution is 2.34. The summed E-state index contributed by atoms with van der Waals surface area (Å²) in [5.41, 5.74) is 9.07. The van der Waals surface area contributed by atoms with Gasteiger partial charge in [-0.05, 0) is 71.4 Å². The molecule has 1 heterocycles. The molecule has 28 heavy (non-hydrogen) atoms. The van der Waals surface area contributed by atoms with Crippen LogP contribution in [0.25, 0.3) is 22.0 Å². The molecule has 0 saturated heterocycles. The molecule has 0 unspecified atom stereocenters. The first-order chi connectivity index (χ1) is 13.4. The SMILES string of the molecule is [2H]c1c(C)[n+](C)c(-c2cc(C(C)C)cc(C)c2C)c2ccc(CC(C)(C)C)cc12. The molecule has 0 fully saturated rings. The third kappa shape index (κ3) is 3.99.